The minimum absolute atomic E-state index is 0.0123. The molecule has 2 aliphatic heterocycles. The number of nitrogens with zero attached hydrogens (tertiary/aromatic N) is 5. The van der Waals surface area contributed by atoms with Crippen molar-refractivity contribution in [3.05, 3.63) is 118 Å². The molecule has 79 heavy (non-hydrogen) atoms. The van der Waals surface area contributed by atoms with Gasteiger partial charge in [0.25, 0.3) is 0 Å². The number of fused-ring (bicyclic) bond motifs is 2. The highest BCUT2D eigenvalue weighted by Gasteiger charge is 2.25. The summed E-state index contributed by atoms with van der Waals surface area (Å²) in [6.07, 6.45) is 8.10. The molecule has 416 valence electrons. The number of nitrogens with two attached hydrogens (primary N) is 2. The molecular formula is C60H71BrN10O6S2. The van der Waals surface area contributed by atoms with Crippen molar-refractivity contribution in [2.75, 3.05) is 62.9 Å². The molecule has 8 aromatic rings. The number of carbonyl (C=O) groups is 2. The van der Waals surface area contributed by atoms with Crippen LogP contribution in [0.5, 0.6) is 23.0 Å². The van der Waals surface area contributed by atoms with E-state index in [0.717, 1.165) is 134 Å². The van der Waals surface area contributed by atoms with Crippen LogP contribution in [-0.4, -0.2) is 101 Å². The van der Waals surface area contributed by atoms with Crippen molar-refractivity contribution < 1.29 is 28.5 Å². The summed E-state index contributed by atoms with van der Waals surface area (Å²) in [5.74, 6) is 4.69. The van der Waals surface area contributed by atoms with Crippen molar-refractivity contribution in [1.29, 1.82) is 0 Å². The maximum Gasteiger partial charge on any atom is 0.231 e. The van der Waals surface area contributed by atoms with Crippen LogP contribution in [-0.2, 0) is 9.59 Å². The number of hydrogen-bond donors (Lipinski definition) is 5. The molecule has 6 heterocycles. The second-order valence-corrected chi connectivity index (χ2v) is 23.1. The van der Waals surface area contributed by atoms with Gasteiger partial charge in [-0.15, -0.1) is 22.7 Å². The SMILES string of the molecule is COc1ccccc1-c1c(C)sc2cnc(Nc3ccc(C4CCN(CC(N)=O)CC4)cc3OC(C)C)nc12.COc1ccccc1-c1c(C)sc2cnc(Nc3ccc(C4CCNCC4)cc3OC(C)C)nc12.NC(=O)CBr. The number of nitrogens with one attached hydrogen (secondary N) is 3. The minimum atomic E-state index is -0.329. The lowest BCUT2D eigenvalue weighted by Gasteiger charge is -2.31. The molecule has 4 aromatic carbocycles. The number of likely N-dealkylation sites (tertiary alicyclic amines) is 1. The van der Waals surface area contributed by atoms with Gasteiger partial charge in [-0.1, -0.05) is 64.5 Å². The molecule has 0 atom stereocenters. The molecule has 19 heteroatoms. The number of ether oxygens (including phenoxy) is 4. The number of amides is 2. The summed E-state index contributed by atoms with van der Waals surface area (Å²) in [4.78, 5) is 44.4. The van der Waals surface area contributed by atoms with E-state index < -0.39 is 0 Å². The summed E-state index contributed by atoms with van der Waals surface area (Å²) in [5.41, 5.74) is 20.3. The number of hydrogen-bond acceptors (Lipinski definition) is 16. The van der Waals surface area contributed by atoms with Crippen LogP contribution in [0.1, 0.15) is 86.1 Å². The number of aryl methyl sites for hydroxylation is 2. The van der Waals surface area contributed by atoms with Gasteiger partial charge in [-0.2, -0.15) is 0 Å². The minimum Gasteiger partial charge on any atom is -0.496 e. The third-order valence-electron chi connectivity index (χ3n) is 13.6. The Balaban J connectivity index is 0.000000193. The van der Waals surface area contributed by atoms with Gasteiger partial charge in [0.15, 0.2) is 0 Å². The standard InChI is InChI=1S/C30H35N5O3S.C28H32N4O2S.C2H4BrNO/c1-18(2)38-25-15-21(20-11-13-35(14-12-20)17-27(31)36)9-10-23(25)33-30-32-16-26-29(34-30)28(19(3)39-26)22-7-5-6-8-24(22)37-4;1-17(2)34-24-15-20(19-11-13-29-14-12-19)9-10-22(24)31-28-30-16-25-27(32-28)26(18(3)35-25)21-7-5-6-8-23(21)33-4;3-1-2(4)5/h5-10,15-16,18,20H,11-14,17H2,1-4H3,(H2,31,36)(H,32,33,34);5-10,15-17,19,29H,11-14H2,1-4H3,(H,30,31,32);1H2,(H2,4,5). The van der Waals surface area contributed by atoms with Gasteiger partial charge in [0.2, 0.25) is 23.7 Å². The fraction of sp³-hybridized carbons (Fsp3) is 0.367. The number of halogens is 1. The second-order valence-electron chi connectivity index (χ2n) is 20.0. The van der Waals surface area contributed by atoms with Gasteiger partial charge in [-0.3, -0.25) is 14.5 Å². The van der Waals surface area contributed by atoms with Gasteiger partial charge >= 0.3 is 0 Å². The number of alkyl halides is 1. The van der Waals surface area contributed by atoms with Crippen LogP contribution in [0.15, 0.2) is 97.3 Å². The molecule has 0 spiro atoms. The molecular weight excluding hydrogens is 1100 g/mol. The van der Waals surface area contributed by atoms with E-state index in [9.17, 15) is 9.59 Å². The molecule has 0 unspecified atom stereocenters. The number of anilines is 4. The van der Waals surface area contributed by atoms with Crippen molar-refractivity contribution >= 4 is 94.1 Å². The van der Waals surface area contributed by atoms with Crippen LogP contribution in [0, 0.1) is 13.8 Å². The number of aromatic nitrogens is 4. The maximum absolute atomic E-state index is 11.3. The molecule has 7 N–H and O–H groups in total. The third-order valence-corrected chi connectivity index (χ3v) is 16.2. The van der Waals surface area contributed by atoms with Crippen LogP contribution in [0.4, 0.5) is 23.3 Å². The van der Waals surface area contributed by atoms with Crippen molar-refractivity contribution in [2.45, 2.75) is 91.3 Å². The van der Waals surface area contributed by atoms with Crippen LogP contribution in [0.25, 0.3) is 42.7 Å². The van der Waals surface area contributed by atoms with Gasteiger partial charge in [-0.05, 0) is 153 Å². The van der Waals surface area contributed by atoms with E-state index in [0.29, 0.717) is 30.3 Å². The predicted octanol–water partition coefficient (Wildman–Crippen LogP) is 12.4. The molecule has 10 rings (SSSR count). The third kappa shape index (κ3) is 14.9. The Kier molecular flexibility index (Phi) is 20.1. The number of methoxy groups -OCH3 is 2. The van der Waals surface area contributed by atoms with E-state index in [1.165, 1.54) is 16.0 Å². The molecule has 2 fully saturated rings. The predicted molar refractivity (Wildman–Crippen MR) is 325 cm³/mol. The molecule has 0 saturated carbocycles. The summed E-state index contributed by atoms with van der Waals surface area (Å²) in [6.45, 7) is 16.5. The number of rotatable bonds is 17. The Labute approximate surface area is 479 Å². The molecule has 2 saturated heterocycles. The zero-order valence-electron chi connectivity index (χ0n) is 46.2. The number of piperidine rings is 2. The van der Waals surface area contributed by atoms with Gasteiger partial charge < -0.3 is 46.4 Å². The monoisotopic (exact) mass is 1170 g/mol. The average Bonchev–Trinajstić information content (AvgIpc) is 4.22. The molecule has 0 radical (unpaired) electrons. The topological polar surface area (TPSA) is 214 Å². The summed E-state index contributed by atoms with van der Waals surface area (Å²) < 4.78 is 25.8. The summed E-state index contributed by atoms with van der Waals surface area (Å²) >= 11 is 6.22. The number of para-hydroxylation sites is 2. The Bertz CT molecular complexity index is 3370. The first kappa shape index (κ1) is 58.3. The maximum atomic E-state index is 11.3. The highest BCUT2D eigenvalue weighted by Crippen LogP contribution is 2.44. The van der Waals surface area contributed by atoms with E-state index >= 15 is 0 Å². The smallest absolute Gasteiger partial charge is 0.231 e. The largest absolute Gasteiger partial charge is 0.496 e. The normalized spacial score (nSPS) is 14.1. The van der Waals surface area contributed by atoms with E-state index in [1.54, 1.807) is 36.9 Å². The fourth-order valence-corrected chi connectivity index (χ4v) is 12.0. The average molecular weight is 1170 g/mol. The number of primary amides is 2. The van der Waals surface area contributed by atoms with E-state index in [1.807, 2.05) is 62.6 Å². The van der Waals surface area contributed by atoms with Crippen molar-refractivity contribution in [2.24, 2.45) is 11.5 Å². The Morgan fingerprint density at radius 1 is 0.658 bits per heavy atom. The first-order chi connectivity index (χ1) is 38.1. The van der Waals surface area contributed by atoms with Gasteiger partial charge in [0, 0.05) is 32.0 Å². The quantitative estimate of drug-likeness (QED) is 0.0537. The molecule has 0 bridgehead atoms. The fourth-order valence-electron chi connectivity index (χ4n) is 10.0. The van der Waals surface area contributed by atoms with E-state index in [4.69, 9.17) is 34.6 Å². The molecule has 2 aliphatic rings. The Hall–Kier alpha value is -6.90. The second kappa shape index (κ2) is 27.3. The first-order valence-electron chi connectivity index (χ1n) is 26.6. The zero-order valence-corrected chi connectivity index (χ0v) is 49.4. The van der Waals surface area contributed by atoms with Gasteiger partial charge in [0.1, 0.15) is 23.0 Å². The zero-order chi connectivity index (χ0) is 56.2. The highest BCUT2D eigenvalue weighted by atomic mass is 79.9. The van der Waals surface area contributed by atoms with E-state index in [-0.39, 0.29) is 29.4 Å². The lowest BCUT2D eigenvalue weighted by atomic mass is 9.89. The van der Waals surface area contributed by atoms with Crippen LogP contribution in [0.2, 0.25) is 0 Å². The number of benzene rings is 4. The molecule has 16 nitrogen and oxygen atoms in total. The molecule has 4 aromatic heterocycles. The molecule has 2 amide bonds. The summed E-state index contributed by atoms with van der Waals surface area (Å²) in [5, 5.41) is 10.5. The Morgan fingerprint density at radius 3 is 1.49 bits per heavy atom. The summed E-state index contributed by atoms with van der Waals surface area (Å²) in [7, 11) is 3.39. The summed E-state index contributed by atoms with van der Waals surface area (Å²) in [6, 6.07) is 28.9. The van der Waals surface area contributed by atoms with Crippen LogP contribution >= 0.6 is 38.6 Å². The van der Waals surface area contributed by atoms with Crippen LogP contribution in [0.3, 0.4) is 0 Å². The van der Waals surface area contributed by atoms with Gasteiger partial charge in [0.05, 0.1) is 82.5 Å². The van der Waals surface area contributed by atoms with Crippen molar-refractivity contribution in [1.82, 2.24) is 30.2 Å². The lowest BCUT2D eigenvalue weighted by Crippen LogP contribution is -2.39. The van der Waals surface area contributed by atoms with Crippen molar-refractivity contribution in [3.63, 3.8) is 0 Å². The first-order valence-corrected chi connectivity index (χ1v) is 29.4. The van der Waals surface area contributed by atoms with Crippen LogP contribution < -0.4 is 46.4 Å². The van der Waals surface area contributed by atoms with Crippen molar-refractivity contribution in [3.8, 4) is 45.3 Å². The number of thiophene rings is 2. The Morgan fingerprint density at radius 2 is 1.09 bits per heavy atom. The molecule has 0 aliphatic carbocycles. The van der Waals surface area contributed by atoms with Gasteiger partial charge in [-0.25, -0.2) is 19.9 Å². The number of carbonyl (C=O) groups excluding carboxylic acids is 2. The lowest BCUT2D eigenvalue weighted by molar-refractivity contribution is -0.119. The highest BCUT2D eigenvalue weighted by molar-refractivity contribution is 9.09. The van der Waals surface area contributed by atoms with E-state index in [2.05, 4.69) is 129 Å².